The van der Waals surface area contributed by atoms with Gasteiger partial charge in [-0.05, 0) is 105 Å². The molecule has 3 aliphatic carbocycles. The molecule has 0 saturated heterocycles. The van der Waals surface area contributed by atoms with Crippen LogP contribution in [-0.2, 0) is 9.59 Å². The second-order valence-electron chi connectivity index (χ2n) is 12.4. The average molecular weight is 471 g/mol. The van der Waals surface area contributed by atoms with Crippen LogP contribution in [0.3, 0.4) is 0 Å². The van der Waals surface area contributed by atoms with Crippen LogP contribution in [0.15, 0.2) is 35.5 Å². The van der Waals surface area contributed by atoms with Crippen LogP contribution in [0.1, 0.15) is 99.3 Å². The summed E-state index contributed by atoms with van der Waals surface area (Å²) < 4.78 is 0. The minimum atomic E-state index is -0.825. The first-order valence-electron chi connectivity index (χ1n) is 13.3. The third kappa shape index (κ3) is 4.42. The Morgan fingerprint density at radius 1 is 1.15 bits per heavy atom. The van der Waals surface area contributed by atoms with E-state index in [9.17, 15) is 14.7 Å². The molecular formula is C30H46O4. The van der Waals surface area contributed by atoms with E-state index in [1.54, 1.807) is 6.92 Å². The lowest BCUT2D eigenvalue weighted by Crippen LogP contribution is -2.52. The fraction of sp³-hybridized carbons (Fsp3) is 0.733. The highest BCUT2D eigenvalue weighted by Gasteiger charge is 2.63. The van der Waals surface area contributed by atoms with Gasteiger partial charge in [0.15, 0.2) is 0 Å². The SMILES string of the molecule is C=C(C)C1CC[C@@H]2C(=CC[C@]3(C)C(C(C)CCC=C(C)C(=O)O)CC[C@@]23C)[C@@]1(C)CCC(=O)O. The van der Waals surface area contributed by atoms with Crippen LogP contribution in [0.25, 0.3) is 0 Å². The van der Waals surface area contributed by atoms with Crippen molar-refractivity contribution in [2.75, 3.05) is 0 Å². The van der Waals surface area contributed by atoms with Crippen LogP contribution in [0.2, 0.25) is 0 Å². The summed E-state index contributed by atoms with van der Waals surface area (Å²) in [5.41, 5.74) is 3.45. The van der Waals surface area contributed by atoms with Crippen molar-refractivity contribution in [2.24, 2.45) is 39.9 Å². The molecule has 190 valence electrons. The zero-order valence-corrected chi connectivity index (χ0v) is 22.2. The average Bonchev–Trinajstić information content (AvgIpc) is 3.03. The molecule has 2 saturated carbocycles. The Balaban J connectivity index is 1.89. The minimum Gasteiger partial charge on any atom is -0.481 e. The Kier molecular flexibility index (Phi) is 7.60. The van der Waals surface area contributed by atoms with Crippen LogP contribution in [-0.4, -0.2) is 22.2 Å². The van der Waals surface area contributed by atoms with Gasteiger partial charge in [0, 0.05) is 12.0 Å². The summed E-state index contributed by atoms with van der Waals surface area (Å²) in [4.78, 5) is 22.7. The van der Waals surface area contributed by atoms with Gasteiger partial charge in [-0.3, -0.25) is 4.79 Å². The topological polar surface area (TPSA) is 74.6 Å². The molecule has 0 radical (unpaired) electrons. The molecular weight excluding hydrogens is 424 g/mol. The van der Waals surface area contributed by atoms with Crippen molar-refractivity contribution in [1.82, 2.24) is 0 Å². The third-order valence-corrected chi connectivity index (χ3v) is 10.7. The predicted octanol–water partition coefficient (Wildman–Crippen LogP) is 7.66. The first kappa shape index (κ1) is 26.8. The molecule has 3 rings (SSSR count). The Bertz CT molecular complexity index is 897. The molecule has 34 heavy (non-hydrogen) atoms. The Labute approximate surface area is 206 Å². The van der Waals surface area contributed by atoms with E-state index in [2.05, 4.69) is 47.3 Å². The van der Waals surface area contributed by atoms with Crippen molar-refractivity contribution in [2.45, 2.75) is 99.3 Å². The van der Waals surface area contributed by atoms with Gasteiger partial charge in [0.1, 0.15) is 0 Å². The molecule has 4 heteroatoms. The number of allylic oxidation sites excluding steroid dienone is 4. The molecule has 0 amide bonds. The normalized spacial score (nSPS) is 38.5. The molecule has 0 heterocycles. The highest BCUT2D eigenvalue weighted by atomic mass is 16.4. The number of carboxylic acid groups (broad SMARTS) is 2. The minimum absolute atomic E-state index is 0.125. The smallest absolute Gasteiger partial charge is 0.330 e. The number of hydrogen-bond acceptors (Lipinski definition) is 2. The van der Waals surface area contributed by atoms with E-state index >= 15 is 0 Å². The van der Waals surface area contributed by atoms with Gasteiger partial charge in [-0.2, -0.15) is 0 Å². The standard InChI is InChI=1S/C30H46O4/c1-19(2)22-11-12-25-24(28(22,5)16-15-26(31)32)14-18-29(6)23(13-17-30(25,29)7)20(3)9-8-10-21(4)27(33)34/h10,14,20,22-23,25H,1,8-9,11-13,15-18H2,2-7H3,(H,31,32)(H,33,34)/t20?,22?,23?,25-,28+,29-,30+/m1/s1. The second-order valence-corrected chi connectivity index (χ2v) is 12.4. The first-order valence-corrected chi connectivity index (χ1v) is 13.3. The Hall–Kier alpha value is -1.84. The van der Waals surface area contributed by atoms with Crippen LogP contribution in [0, 0.1) is 39.9 Å². The van der Waals surface area contributed by atoms with Crippen LogP contribution in [0.4, 0.5) is 0 Å². The summed E-state index contributed by atoms with van der Waals surface area (Å²) in [7, 11) is 0. The van der Waals surface area contributed by atoms with Crippen LogP contribution in [0.5, 0.6) is 0 Å². The summed E-state index contributed by atoms with van der Waals surface area (Å²) >= 11 is 0. The Morgan fingerprint density at radius 2 is 1.82 bits per heavy atom. The summed E-state index contributed by atoms with van der Waals surface area (Å²) in [6.07, 6.45) is 12.9. The lowest BCUT2D eigenvalue weighted by Gasteiger charge is -2.60. The van der Waals surface area contributed by atoms with Gasteiger partial charge in [-0.1, -0.05) is 57.6 Å². The van der Waals surface area contributed by atoms with E-state index in [4.69, 9.17) is 5.11 Å². The van der Waals surface area contributed by atoms with E-state index in [1.807, 2.05) is 6.08 Å². The molecule has 0 aromatic rings. The van der Waals surface area contributed by atoms with Crippen molar-refractivity contribution in [1.29, 1.82) is 0 Å². The molecule has 3 aliphatic rings. The fourth-order valence-corrected chi connectivity index (χ4v) is 8.44. The first-order chi connectivity index (χ1) is 15.8. The molecule has 0 aromatic heterocycles. The van der Waals surface area contributed by atoms with E-state index < -0.39 is 11.9 Å². The molecule has 0 spiro atoms. The maximum atomic E-state index is 11.5. The molecule has 0 aliphatic heterocycles. The van der Waals surface area contributed by atoms with E-state index in [0.717, 1.165) is 25.7 Å². The lowest BCUT2D eigenvalue weighted by molar-refractivity contribution is -0.138. The van der Waals surface area contributed by atoms with E-state index in [0.29, 0.717) is 35.7 Å². The third-order valence-electron chi connectivity index (χ3n) is 10.7. The lowest BCUT2D eigenvalue weighted by atomic mass is 9.44. The summed E-state index contributed by atoms with van der Waals surface area (Å²) in [6.45, 7) is 17.8. The number of rotatable bonds is 9. The molecule has 2 N–H and O–H groups in total. The molecule has 4 nitrogen and oxygen atoms in total. The molecule has 7 atom stereocenters. The number of carboxylic acids is 2. The largest absolute Gasteiger partial charge is 0.481 e. The van der Waals surface area contributed by atoms with Crippen molar-refractivity contribution < 1.29 is 19.8 Å². The van der Waals surface area contributed by atoms with Crippen LogP contribution < -0.4 is 0 Å². The van der Waals surface area contributed by atoms with Crippen molar-refractivity contribution >= 4 is 11.9 Å². The zero-order valence-electron chi connectivity index (χ0n) is 22.2. The van der Waals surface area contributed by atoms with Crippen molar-refractivity contribution in [3.8, 4) is 0 Å². The highest BCUT2D eigenvalue weighted by Crippen LogP contribution is 2.71. The van der Waals surface area contributed by atoms with Crippen molar-refractivity contribution in [3.05, 3.63) is 35.5 Å². The fourth-order valence-electron chi connectivity index (χ4n) is 8.44. The van der Waals surface area contributed by atoms with Crippen molar-refractivity contribution in [3.63, 3.8) is 0 Å². The Morgan fingerprint density at radius 3 is 2.41 bits per heavy atom. The quantitative estimate of drug-likeness (QED) is 0.268. The van der Waals surface area contributed by atoms with Gasteiger partial charge in [0.2, 0.25) is 0 Å². The van der Waals surface area contributed by atoms with E-state index in [-0.39, 0.29) is 22.7 Å². The van der Waals surface area contributed by atoms with Gasteiger partial charge < -0.3 is 10.2 Å². The summed E-state index contributed by atoms with van der Waals surface area (Å²) in [5.74, 6) is 0.491. The molecule has 0 bridgehead atoms. The van der Waals surface area contributed by atoms with E-state index in [1.165, 1.54) is 30.4 Å². The monoisotopic (exact) mass is 470 g/mol. The molecule has 2 fully saturated rings. The highest BCUT2D eigenvalue weighted by molar-refractivity contribution is 5.85. The maximum Gasteiger partial charge on any atom is 0.330 e. The number of carbonyl (C=O) groups is 2. The summed E-state index contributed by atoms with van der Waals surface area (Å²) in [6, 6.07) is 0. The molecule has 3 unspecified atom stereocenters. The van der Waals surface area contributed by atoms with Gasteiger partial charge in [0.25, 0.3) is 0 Å². The zero-order chi connectivity index (χ0) is 25.5. The van der Waals surface area contributed by atoms with Gasteiger partial charge in [0.05, 0.1) is 0 Å². The molecule has 0 aromatic carbocycles. The van der Waals surface area contributed by atoms with Gasteiger partial charge in [-0.25, -0.2) is 4.79 Å². The van der Waals surface area contributed by atoms with Gasteiger partial charge >= 0.3 is 11.9 Å². The summed E-state index contributed by atoms with van der Waals surface area (Å²) in [5, 5.41) is 18.6. The second kappa shape index (κ2) is 9.66. The number of aliphatic carboxylic acids is 2. The number of fused-ring (bicyclic) bond motifs is 3. The predicted molar refractivity (Wildman–Crippen MR) is 137 cm³/mol. The maximum absolute atomic E-state index is 11.5. The van der Waals surface area contributed by atoms with Gasteiger partial charge in [-0.15, -0.1) is 0 Å². The number of hydrogen-bond donors (Lipinski definition) is 2. The van der Waals surface area contributed by atoms with Crippen LogP contribution >= 0.6 is 0 Å².